The molecule has 0 bridgehead atoms. The van der Waals surface area contributed by atoms with Gasteiger partial charge in [-0.3, -0.25) is 0 Å². The van der Waals surface area contributed by atoms with Crippen molar-refractivity contribution in [2.24, 2.45) is 5.73 Å². The van der Waals surface area contributed by atoms with Gasteiger partial charge in [0, 0.05) is 13.1 Å². The Bertz CT molecular complexity index is 371. The van der Waals surface area contributed by atoms with Crippen LogP contribution < -0.4 is 10.6 Å². The fourth-order valence-corrected chi connectivity index (χ4v) is 2.94. The lowest BCUT2D eigenvalue weighted by molar-refractivity contribution is 0.556. The van der Waals surface area contributed by atoms with Gasteiger partial charge in [0.1, 0.15) is 0 Å². The highest BCUT2D eigenvalue weighted by Gasteiger charge is 2.12. The maximum Gasteiger partial charge on any atom is 0.0642 e. The summed E-state index contributed by atoms with van der Waals surface area (Å²) in [6, 6.07) is 6.39. The molecule has 1 aromatic carbocycles. The molecule has 18 heavy (non-hydrogen) atoms. The van der Waals surface area contributed by atoms with Crippen LogP contribution in [0, 0.1) is 0 Å². The summed E-state index contributed by atoms with van der Waals surface area (Å²) in [6.45, 7) is 2.95. The summed E-state index contributed by atoms with van der Waals surface area (Å²) in [4.78, 5) is 2.44. The normalized spacial score (nSPS) is 17.3. The first kappa shape index (κ1) is 13.7. The van der Waals surface area contributed by atoms with Crippen LogP contribution in [0.2, 0.25) is 5.02 Å². The van der Waals surface area contributed by atoms with Crippen molar-refractivity contribution in [3.8, 4) is 0 Å². The first-order chi connectivity index (χ1) is 8.81. The zero-order valence-electron chi connectivity index (χ0n) is 11.0. The first-order valence-corrected chi connectivity index (χ1v) is 7.42. The third-order valence-electron chi connectivity index (χ3n) is 3.64. The maximum absolute atomic E-state index is 6.41. The number of hydrogen-bond acceptors (Lipinski definition) is 2. The van der Waals surface area contributed by atoms with E-state index in [4.69, 9.17) is 17.3 Å². The molecule has 0 radical (unpaired) electrons. The van der Waals surface area contributed by atoms with Crippen LogP contribution in [-0.4, -0.2) is 19.6 Å². The van der Waals surface area contributed by atoms with Gasteiger partial charge >= 0.3 is 0 Å². The second kappa shape index (κ2) is 7.01. The van der Waals surface area contributed by atoms with Crippen molar-refractivity contribution in [1.29, 1.82) is 0 Å². The average Bonchev–Trinajstić information content (AvgIpc) is 2.30. The Kier molecular flexibility index (Phi) is 5.33. The lowest BCUT2D eigenvalue weighted by Crippen LogP contribution is -2.27. The van der Waals surface area contributed by atoms with E-state index in [-0.39, 0.29) is 0 Å². The molecule has 1 saturated heterocycles. The van der Waals surface area contributed by atoms with Crippen LogP contribution in [0.1, 0.15) is 37.7 Å². The summed E-state index contributed by atoms with van der Waals surface area (Å²) >= 11 is 6.41. The van der Waals surface area contributed by atoms with Crippen molar-refractivity contribution in [2.45, 2.75) is 38.5 Å². The number of benzene rings is 1. The van der Waals surface area contributed by atoms with Crippen molar-refractivity contribution >= 4 is 17.3 Å². The molecule has 1 aliphatic heterocycles. The maximum atomic E-state index is 6.41. The number of halogens is 1. The van der Waals surface area contributed by atoms with Crippen LogP contribution >= 0.6 is 11.6 Å². The van der Waals surface area contributed by atoms with Crippen LogP contribution in [0.4, 0.5) is 5.69 Å². The average molecular weight is 267 g/mol. The highest BCUT2D eigenvalue weighted by atomic mass is 35.5. The van der Waals surface area contributed by atoms with E-state index in [2.05, 4.69) is 23.1 Å². The van der Waals surface area contributed by atoms with Gasteiger partial charge in [0.25, 0.3) is 0 Å². The van der Waals surface area contributed by atoms with Gasteiger partial charge in [0.05, 0.1) is 10.7 Å². The van der Waals surface area contributed by atoms with Gasteiger partial charge in [-0.2, -0.15) is 0 Å². The molecule has 0 atom stereocenters. The van der Waals surface area contributed by atoms with Gasteiger partial charge in [-0.15, -0.1) is 0 Å². The van der Waals surface area contributed by atoms with E-state index >= 15 is 0 Å². The van der Waals surface area contributed by atoms with E-state index in [0.29, 0.717) is 6.54 Å². The number of hydrogen-bond donors (Lipinski definition) is 1. The van der Waals surface area contributed by atoms with Crippen molar-refractivity contribution in [1.82, 2.24) is 0 Å². The molecule has 0 saturated carbocycles. The largest absolute Gasteiger partial charge is 0.370 e. The van der Waals surface area contributed by atoms with Crippen molar-refractivity contribution in [3.05, 3.63) is 28.8 Å². The van der Waals surface area contributed by atoms with Gasteiger partial charge < -0.3 is 10.6 Å². The molecule has 2 nitrogen and oxygen atoms in total. The number of anilines is 1. The van der Waals surface area contributed by atoms with E-state index < -0.39 is 0 Å². The molecule has 0 aromatic heterocycles. The lowest BCUT2D eigenvalue weighted by Gasteiger charge is -2.28. The third kappa shape index (κ3) is 3.63. The topological polar surface area (TPSA) is 29.3 Å². The molecule has 0 aliphatic carbocycles. The summed E-state index contributed by atoms with van der Waals surface area (Å²) in [6.07, 6.45) is 7.54. The monoisotopic (exact) mass is 266 g/mol. The molecule has 2 rings (SSSR count). The van der Waals surface area contributed by atoms with Crippen molar-refractivity contribution in [2.75, 3.05) is 24.5 Å². The van der Waals surface area contributed by atoms with E-state index in [9.17, 15) is 0 Å². The number of rotatable bonds is 3. The molecule has 0 amide bonds. The van der Waals surface area contributed by atoms with E-state index in [1.165, 1.54) is 43.4 Å². The predicted molar refractivity (Wildman–Crippen MR) is 79.5 cm³/mol. The summed E-state index contributed by atoms with van der Waals surface area (Å²) in [5.74, 6) is 0. The quantitative estimate of drug-likeness (QED) is 0.906. The zero-order chi connectivity index (χ0) is 12.8. The van der Waals surface area contributed by atoms with Crippen LogP contribution in [0.25, 0.3) is 0 Å². The van der Waals surface area contributed by atoms with Gasteiger partial charge in [-0.05, 0) is 43.5 Å². The molecular weight excluding hydrogens is 244 g/mol. The standard InChI is InChI=1S/C15H23ClN2/c16-14-12-13(8-9-17)6-7-15(14)18-10-4-2-1-3-5-11-18/h6-7,12H,1-5,8-11,17H2. The van der Waals surface area contributed by atoms with Gasteiger partial charge in [-0.25, -0.2) is 0 Å². The molecule has 0 unspecified atom stereocenters. The third-order valence-corrected chi connectivity index (χ3v) is 3.94. The van der Waals surface area contributed by atoms with E-state index in [1.54, 1.807) is 0 Å². The molecule has 1 fully saturated rings. The van der Waals surface area contributed by atoms with Crippen molar-refractivity contribution < 1.29 is 0 Å². The Morgan fingerprint density at radius 3 is 2.33 bits per heavy atom. The minimum absolute atomic E-state index is 0.680. The smallest absolute Gasteiger partial charge is 0.0642 e. The van der Waals surface area contributed by atoms with Crippen LogP contribution in [0.15, 0.2) is 18.2 Å². The van der Waals surface area contributed by atoms with Gasteiger partial charge in [0.2, 0.25) is 0 Å². The highest BCUT2D eigenvalue weighted by molar-refractivity contribution is 6.33. The summed E-state index contributed by atoms with van der Waals surface area (Å²) in [5, 5.41) is 0.876. The molecule has 1 aliphatic rings. The summed E-state index contributed by atoms with van der Waals surface area (Å²) < 4.78 is 0. The Morgan fingerprint density at radius 1 is 1.06 bits per heavy atom. The van der Waals surface area contributed by atoms with Crippen LogP contribution in [0.3, 0.4) is 0 Å². The molecule has 2 N–H and O–H groups in total. The van der Waals surface area contributed by atoms with E-state index in [0.717, 1.165) is 24.5 Å². The molecule has 3 heteroatoms. The molecular formula is C15H23ClN2. The minimum atomic E-state index is 0.680. The lowest BCUT2D eigenvalue weighted by atomic mass is 10.1. The predicted octanol–water partition coefficient (Wildman–Crippen LogP) is 3.61. The van der Waals surface area contributed by atoms with Crippen LogP contribution in [0.5, 0.6) is 0 Å². The molecule has 1 aromatic rings. The Morgan fingerprint density at radius 2 is 1.72 bits per heavy atom. The minimum Gasteiger partial charge on any atom is -0.370 e. The fraction of sp³-hybridized carbons (Fsp3) is 0.600. The van der Waals surface area contributed by atoms with E-state index in [1.807, 2.05) is 0 Å². The first-order valence-electron chi connectivity index (χ1n) is 7.04. The molecule has 0 spiro atoms. The Hall–Kier alpha value is -0.730. The highest BCUT2D eigenvalue weighted by Crippen LogP contribution is 2.28. The van der Waals surface area contributed by atoms with Gasteiger partial charge in [0.15, 0.2) is 0 Å². The molecule has 1 heterocycles. The zero-order valence-corrected chi connectivity index (χ0v) is 11.8. The van der Waals surface area contributed by atoms with Gasteiger partial charge in [-0.1, -0.05) is 36.9 Å². The SMILES string of the molecule is NCCc1ccc(N2CCCCCCC2)c(Cl)c1. The molecule has 100 valence electrons. The second-order valence-corrected chi connectivity index (χ2v) is 5.49. The number of nitrogens with zero attached hydrogens (tertiary/aromatic N) is 1. The second-order valence-electron chi connectivity index (χ2n) is 5.08. The Labute approximate surface area is 115 Å². The fourth-order valence-electron chi connectivity index (χ4n) is 2.62. The summed E-state index contributed by atoms with van der Waals surface area (Å²) in [7, 11) is 0. The summed E-state index contributed by atoms with van der Waals surface area (Å²) in [5.41, 5.74) is 8.00. The van der Waals surface area contributed by atoms with Crippen LogP contribution in [-0.2, 0) is 6.42 Å². The number of nitrogens with two attached hydrogens (primary N) is 1. The Balaban J connectivity index is 2.10. The van der Waals surface area contributed by atoms with Crippen molar-refractivity contribution in [3.63, 3.8) is 0 Å².